The number of carbonyl (C=O) groups excluding carboxylic acids is 1. The normalized spacial score (nSPS) is 21.2. The van der Waals surface area contributed by atoms with Crippen LogP contribution in [0, 0.1) is 0 Å². The molecule has 7 heteroatoms. The lowest BCUT2D eigenvalue weighted by Gasteiger charge is -2.38. The smallest absolute Gasteiger partial charge is 0.416 e. The molecule has 0 aromatic heterocycles. The summed E-state index contributed by atoms with van der Waals surface area (Å²) in [5, 5.41) is 3.24. The van der Waals surface area contributed by atoms with Gasteiger partial charge in [0.2, 0.25) is 0 Å². The van der Waals surface area contributed by atoms with E-state index in [4.69, 9.17) is 4.74 Å². The number of nitrogens with one attached hydrogen (secondary N) is 1. The van der Waals surface area contributed by atoms with Gasteiger partial charge in [0.25, 0.3) is 0 Å². The third-order valence-electron chi connectivity index (χ3n) is 4.41. The summed E-state index contributed by atoms with van der Waals surface area (Å²) < 4.78 is 42.9. The Kier molecular flexibility index (Phi) is 3.76. The zero-order valence-electron chi connectivity index (χ0n) is 11.9. The minimum Gasteiger partial charge on any atom is -0.447 e. The SMILES string of the molecule is O=C1OCC2(CCNCC2)N1Cc1ccc(C(F)(F)F)cc1. The van der Waals surface area contributed by atoms with E-state index >= 15 is 0 Å². The summed E-state index contributed by atoms with van der Waals surface area (Å²) in [4.78, 5) is 13.6. The molecule has 1 aromatic rings. The van der Waals surface area contributed by atoms with Crippen LogP contribution in [-0.2, 0) is 17.5 Å². The number of hydrogen-bond acceptors (Lipinski definition) is 3. The van der Waals surface area contributed by atoms with Crippen molar-refractivity contribution in [1.29, 1.82) is 0 Å². The summed E-state index contributed by atoms with van der Waals surface area (Å²) in [7, 11) is 0. The van der Waals surface area contributed by atoms with Gasteiger partial charge in [0, 0.05) is 6.54 Å². The van der Waals surface area contributed by atoms with Crippen molar-refractivity contribution in [2.45, 2.75) is 31.1 Å². The number of benzene rings is 1. The van der Waals surface area contributed by atoms with E-state index in [2.05, 4.69) is 5.32 Å². The van der Waals surface area contributed by atoms with Crippen LogP contribution in [0.3, 0.4) is 0 Å². The predicted molar refractivity (Wildman–Crippen MR) is 73.2 cm³/mol. The molecule has 0 bridgehead atoms. The number of hydrogen-bond donors (Lipinski definition) is 1. The van der Waals surface area contributed by atoms with E-state index in [1.807, 2.05) is 0 Å². The van der Waals surface area contributed by atoms with Gasteiger partial charge in [0.05, 0.1) is 11.1 Å². The van der Waals surface area contributed by atoms with Crippen LogP contribution < -0.4 is 5.32 Å². The second kappa shape index (κ2) is 5.46. The number of nitrogens with zero attached hydrogens (tertiary/aromatic N) is 1. The highest BCUT2D eigenvalue weighted by molar-refractivity contribution is 5.71. The monoisotopic (exact) mass is 314 g/mol. The van der Waals surface area contributed by atoms with Crippen molar-refractivity contribution in [2.75, 3.05) is 19.7 Å². The highest BCUT2D eigenvalue weighted by Gasteiger charge is 2.47. The number of alkyl halides is 3. The molecule has 120 valence electrons. The van der Waals surface area contributed by atoms with Gasteiger partial charge in [-0.15, -0.1) is 0 Å². The zero-order chi connectivity index (χ0) is 15.8. The third-order valence-corrected chi connectivity index (χ3v) is 4.41. The zero-order valence-corrected chi connectivity index (χ0v) is 11.9. The molecule has 2 aliphatic rings. The largest absolute Gasteiger partial charge is 0.447 e. The third kappa shape index (κ3) is 2.77. The Morgan fingerprint density at radius 2 is 1.82 bits per heavy atom. The number of piperidine rings is 1. The number of amides is 1. The van der Waals surface area contributed by atoms with Crippen molar-refractivity contribution in [1.82, 2.24) is 10.2 Å². The Labute approximate surface area is 126 Å². The van der Waals surface area contributed by atoms with Crippen molar-refractivity contribution in [2.24, 2.45) is 0 Å². The van der Waals surface area contributed by atoms with Crippen LogP contribution in [0.5, 0.6) is 0 Å². The maximum atomic E-state index is 12.6. The van der Waals surface area contributed by atoms with E-state index in [1.165, 1.54) is 12.1 Å². The molecule has 2 heterocycles. The van der Waals surface area contributed by atoms with Crippen molar-refractivity contribution in [3.63, 3.8) is 0 Å². The van der Waals surface area contributed by atoms with Gasteiger partial charge in [0.1, 0.15) is 6.61 Å². The number of ether oxygens (including phenoxy) is 1. The second-order valence-corrected chi connectivity index (χ2v) is 5.81. The molecular formula is C15H17F3N2O2. The molecule has 3 rings (SSSR count). The standard InChI is InChI=1S/C15H17F3N2O2/c16-15(17,18)12-3-1-11(2-4-12)9-20-13(21)22-10-14(20)5-7-19-8-6-14/h1-4,19H,5-10H2. The van der Waals surface area contributed by atoms with Gasteiger partial charge in [-0.3, -0.25) is 4.90 Å². The van der Waals surface area contributed by atoms with E-state index in [-0.39, 0.29) is 18.2 Å². The fourth-order valence-electron chi connectivity index (χ4n) is 3.07. The van der Waals surface area contributed by atoms with Gasteiger partial charge >= 0.3 is 12.3 Å². The van der Waals surface area contributed by atoms with E-state index in [0.717, 1.165) is 38.1 Å². The quantitative estimate of drug-likeness (QED) is 0.913. The fraction of sp³-hybridized carbons (Fsp3) is 0.533. The first-order chi connectivity index (χ1) is 10.4. The first kappa shape index (κ1) is 15.1. The highest BCUT2D eigenvalue weighted by atomic mass is 19.4. The lowest BCUT2D eigenvalue weighted by Crippen LogP contribution is -2.53. The molecule has 1 N–H and O–H groups in total. The highest BCUT2D eigenvalue weighted by Crippen LogP contribution is 2.34. The van der Waals surface area contributed by atoms with Crippen molar-refractivity contribution in [3.8, 4) is 0 Å². The van der Waals surface area contributed by atoms with Gasteiger partial charge in [-0.05, 0) is 43.6 Å². The van der Waals surface area contributed by atoms with Crippen LogP contribution in [0.4, 0.5) is 18.0 Å². The number of halogens is 3. The molecule has 4 nitrogen and oxygen atoms in total. The minimum absolute atomic E-state index is 0.275. The molecule has 1 aromatic carbocycles. The minimum atomic E-state index is -4.35. The number of carbonyl (C=O) groups is 1. The molecule has 0 unspecified atom stereocenters. The van der Waals surface area contributed by atoms with E-state index in [0.29, 0.717) is 12.2 Å². The summed E-state index contributed by atoms with van der Waals surface area (Å²) in [6.07, 6.45) is -3.15. The Balaban J connectivity index is 1.77. The van der Waals surface area contributed by atoms with Crippen LogP contribution in [0.1, 0.15) is 24.0 Å². The molecular weight excluding hydrogens is 297 g/mol. The Morgan fingerprint density at radius 3 is 2.41 bits per heavy atom. The number of cyclic esters (lactones) is 1. The van der Waals surface area contributed by atoms with Crippen molar-refractivity contribution < 1.29 is 22.7 Å². The molecule has 2 fully saturated rings. The first-order valence-electron chi connectivity index (χ1n) is 7.22. The lowest BCUT2D eigenvalue weighted by molar-refractivity contribution is -0.137. The number of rotatable bonds is 2. The van der Waals surface area contributed by atoms with E-state index in [9.17, 15) is 18.0 Å². The molecule has 22 heavy (non-hydrogen) atoms. The van der Waals surface area contributed by atoms with E-state index in [1.54, 1.807) is 4.90 Å². The molecule has 2 saturated heterocycles. The van der Waals surface area contributed by atoms with Crippen LogP contribution in [0.15, 0.2) is 24.3 Å². The molecule has 1 amide bonds. The van der Waals surface area contributed by atoms with Crippen LogP contribution >= 0.6 is 0 Å². The Hall–Kier alpha value is -1.76. The lowest BCUT2D eigenvalue weighted by atomic mass is 9.88. The second-order valence-electron chi connectivity index (χ2n) is 5.81. The molecule has 0 radical (unpaired) electrons. The maximum Gasteiger partial charge on any atom is 0.416 e. The summed E-state index contributed by atoms with van der Waals surface area (Å²) >= 11 is 0. The molecule has 0 aliphatic carbocycles. The molecule has 2 aliphatic heterocycles. The van der Waals surface area contributed by atoms with Crippen molar-refractivity contribution in [3.05, 3.63) is 35.4 Å². The summed E-state index contributed by atoms with van der Waals surface area (Å²) in [6.45, 7) is 2.24. The maximum absolute atomic E-state index is 12.6. The van der Waals surface area contributed by atoms with Gasteiger partial charge in [-0.2, -0.15) is 13.2 Å². The summed E-state index contributed by atoms with van der Waals surface area (Å²) in [5.74, 6) is 0. The Bertz CT molecular complexity index is 551. The van der Waals surface area contributed by atoms with Crippen LogP contribution in [0.2, 0.25) is 0 Å². The summed E-state index contributed by atoms with van der Waals surface area (Å²) in [6, 6.07) is 4.93. The van der Waals surface area contributed by atoms with Gasteiger partial charge in [-0.25, -0.2) is 4.79 Å². The van der Waals surface area contributed by atoms with Crippen LogP contribution in [0.25, 0.3) is 0 Å². The van der Waals surface area contributed by atoms with E-state index < -0.39 is 11.7 Å². The predicted octanol–water partition coefficient (Wildman–Crippen LogP) is 2.78. The fourth-order valence-corrected chi connectivity index (χ4v) is 3.07. The Morgan fingerprint density at radius 1 is 1.18 bits per heavy atom. The average Bonchev–Trinajstić information content (AvgIpc) is 2.77. The molecule has 1 spiro atoms. The topological polar surface area (TPSA) is 41.6 Å². The van der Waals surface area contributed by atoms with Crippen LogP contribution in [-0.4, -0.2) is 36.2 Å². The average molecular weight is 314 g/mol. The van der Waals surface area contributed by atoms with Gasteiger partial charge in [0.15, 0.2) is 0 Å². The molecule has 0 atom stereocenters. The first-order valence-corrected chi connectivity index (χ1v) is 7.22. The molecule has 0 saturated carbocycles. The van der Waals surface area contributed by atoms with Gasteiger partial charge < -0.3 is 10.1 Å². The summed E-state index contributed by atoms with van der Waals surface area (Å²) in [5.41, 5.74) is -0.341. The van der Waals surface area contributed by atoms with Crippen molar-refractivity contribution >= 4 is 6.09 Å². The van der Waals surface area contributed by atoms with Gasteiger partial charge in [-0.1, -0.05) is 12.1 Å².